The van der Waals surface area contributed by atoms with Gasteiger partial charge in [0.25, 0.3) is 0 Å². The lowest BCUT2D eigenvalue weighted by Gasteiger charge is -2.08. The van der Waals surface area contributed by atoms with Crippen LogP contribution < -0.4 is 9.86 Å². The third-order valence-corrected chi connectivity index (χ3v) is 5.60. The van der Waals surface area contributed by atoms with Crippen LogP contribution in [0.1, 0.15) is 0 Å². The number of benzene rings is 1. The topological polar surface area (TPSA) is 140 Å². The molecule has 20 heavy (non-hydrogen) atoms. The van der Waals surface area contributed by atoms with Gasteiger partial charge in [-0.15, -0.1) is 0 Å². The summed E-state index contributed by atoms with van der Waals surface area (Å²) in [7, 11) is -11.1. The highest BCUT2D eigenvalue weighted by molar-refractivity contribution is 7.95. The van der Waals surface area contributed by atoms with Gasteiger partial charge in [-0.3, -0.25) is 4.72 Å². The summed E-state index contributed by atoms with van der Waals surface area (Å²) in [5.74, 6) is -1.08. The summed E-state index contributed by atoms with van der Waals surface area (Å²) < 4.78 is 69.2. The maximum atomic E-state index is 11.6. The molecule has 0 unspecified atom stereocenters. The van der Waals surface area contributed by atoms with Gasteiger partial charge in [-0.1, -0.05) is 0 Å². The fraction of sp³-hybridized carbons (Fsp3) is 0.333. The average Bonchev–Trinajstić information content (AvgIpc) is 2.25. The summed E-state index contributed by atoms with van der Waals surface area (Å²) in [6.07, 6.45) is 0.934. The van der Waals surface area contributed by atoms with Crippen molar-refractivity contribution in [2.45, 2.75) is 4.90 Å². The Kier molecular flexibility index (Phi) is 4.79. The highest BCUT2D eigenvalue weighted by Gasteiger charge is 2.15. The smallest absolute Gasteiger partial charge is 0.238 e. The van der Waals surface area contributed by atoms with E-state index >= 15 is 0 Å². The molecule has 0 atom stereocenters. The normalized spacial score (nSPS) is 13.1. The van der Waals surface area contributed by atoms with Gasteiger partial charge in [0, 0.05) is 11.9 Å². The van der Waals surface area contributed by atoms with E-state index in [0.717, 1.165) is 18.4 Å². The van der Waals surface area contributed by atoms with Crippen molar-refractivity contribution in [1.82, 2.24) is 0 Å². The van der Waals surface area contributed by atoms with Crippen molar-refractivity contribution < 1.29 is 25.3 Å². The lowest BCUT2D eigenvalue weighted by molar-refractivity contribution is 0.593. The quantitative estimate of drug-likeness (QED) is 0.688. The predicted octanol–water partition coefficient (Wildman–Crippen LogP) is -0.880. The Balaban J connectivity index is 2.83. The Morgan fingerprint density at radius 1 is 0.950 bits per heavy atom. The fourth-order valence-corrected chi connectivity index (χ4v) is 4.41. The number of nitrogens with two attached hydrogens (primary N) is 1. The second kappa shape index (κ2) is 5.68. The van der Waals surface area contributed by atoms with Crippen LogP contribution in [0.15, 0.2) is 29.2 Å². The fourth-order valence-electron chi connectivity index (χ4n) is 1.20. The van der Waals surface area contributed by atoms with Crippen molar-refractivity contribution >= 4 is 35.6 Å². The summed E-state index contributed by atoms with van der Waals surface area (Å²) in [5.41, 5.74) is 0.117. The molecule has 0 heterocycles. The van der Waals surface area contributed by atoms with E-state index in [1.165, 1.54) is 12.1 Å². The van der Waals surface area contributed by atoms with E-state index in [-0.39, 0.29) is 10.6 Å². The number of hydrogen-bond donors (Lipinski definition) is 2. The van der Waals surface area contributed by atoms with Crippen molar-refractivity contribution in [3.8, 4) is 0 Å². The van der Waals surface area contributed by atoms with E-state index in [0.29, 0.717) is 0 Å². The summed E-state index contributed by atoms with van der Waals surface area (Å²) in [6, 6.07) is 4.73. The SMILES string of the molecule is CS(=O)(=O)CCS(=O)(=O)Nc1ccc(S(N)(=O)=O)cc1. The molecule has 0 aliphatic heterocycles. The Morgan fingerprint density at radius 3 is 1.85 bits per heavy atom. The first-order valence-electron chi connectivity index (χ1n) is 5.20. The summed E-state index contributed by atoms with van der Waals surface area (Å²) in [6.45, 7) is 0. The molecule has 1 rings (SSSR count). The first-order valence-corrected chi connectivity index (χ1v) is 10.5. The van der Waals surface area contributed by atoms with Gasteiger partial charge in [-0.05, 0) is 24.3 Å². The summed E-state index contributed by atoms with van der Waals surface area (Å²) >= 11 is 0. The van der Waals surface area contributed by atoms with Gasteiger partial charge < -0.3 is 0 Å². The average molecular weight is 342 g/mol. The number of hydrogen-bond acceptors (Lipinski definition) is 6. The number of sulfonamides is 2. The van der Waals surface area contributed by atoms with Crippen LogP contribution in [0.3, 0.4) is 0 Å². The molecule has 0 radical (unpaired) electrons. The van der Waals surface area contributed by atoms with Gasteiger partial charge in [0.2, 0.25) is 20.0 Å². The molecule has 0 aliphatic rings. The molecule has 11 heteroatoms. The third-order valence-electron chi connectivity index (χ3n) is 2.18. The van der Waals surface area contributed by atoms with Crippen molar-refractivity contribution in [2.24, 2.45) is 5.14 Å². The number of sulfone groups is 1. The van der Waals surface area contributed by atoms with Crippen LogP contribution in [0.4, 0.5) is 5.69 Å². The molecule has 1 aromatic carbocycles. The molecule has 0 bridgehead atoms. The Morgan fingerprint density at radius 2 is 1.45 bits per heavy atom. The first-order chi connectivity index (χ1) is 8.89. The number of rotatable bonds is 6. The Labute approximate surface area is 118 Å². The van der Waals surface area contributed by atoms with Gasteiger partial charge in [0.15, 0.2) is 0 Å². The second-order valence-corrected chi connectivity index (χ2v) is 9.78. The Bertz CT molecular complexity index is 779. The monoisotopic (exact) mass is 342 g/mol. The highest BCUT2D eigenvalue weighted by Crippen LogP contribution is 2.14. The van der Waals surface area contributed by atoms with Crippen molar-refractivity contribution in [3.63, 3.8) is 0 Å². The molecule has 0 amide bonds. The predicted molar refractivity (Wildman–Crippen MR) is 74.9 cm³/mol. The highest BCUT2D eigenvalue weighted by atomic mass is 32.2. The summed E-state index contributed by atoms with van der Waals surface area (Å²) in [5, 5.41) is 4.90. The molecule has 114 valence electrons. The molecule has 1 aromatic rings. The van der Waals surface area contributed by atoms with Crippen LogP contribution in [-0.4, -0.2) is 43.0 Å². The number of anilines is 1. The molecule has 3 N–H and O–H groups in total. The molecule has 0 spiro atoms. The maximum absolute atomic E-state index is 11.6. The van der Waals surface area contributed by atoms with Gasteiger partial charge in [0.1, 0.15) is 9.84 Å². The Hall–Kier alpha value is -1.17. The van der Waals surface area contributed by atoms with E-state index < -0.39 is 41.4 Å². The van der Waals surface area contributed by atoms with Crippen molar-refractivity contribution in [1.29, 1.82) is 0 Å². The zero-order chi connectivity index (χ0) is 15.6. The van der Waals surface area contributed by atoms with Gasteiger partial charge in [0.05, 0.1) is 16.4 Å². The zero-order valence-electron chi connectivity index (χ0n) is 10.5. The minimum atomic E-state index is -3.85. The van der Waals surface area contributed by atoms with Crippen molar-refractivity contribution in [3.05, 3.63) is 24.3 Å². The minimum absolute atomic E-state index is 0.117. The largest absolute Gasteiger partial charge is 0.284 e. The molecular formula is C9H14N2O6S3. The van der Waals surface area contributed by atoms with Gasteiger partial charge in [-0.2, -0.15) is 0 Å². The van der Waals surface area contributed by atoms with Crippen LogP contribution in [0.25, 0.3) is 0 Å². The van der Waals surface area contributed by atoms with E-state index in [2.05, 4.69) is 4.72 Å². The summed E-state index contributed by atoms with van der Waals surface area (Å²) in [4.78, 5) is -0.156. The van der Waals surface area contributed by atoms with E-state index in [9.17, 15) is 25.3 Å². The van der Waals surface area contributed by atoms with Gasteiger partial charge >= 0.3 is 0 Å². The lowest BCUT2D eigenvalue weighted by Crippen LogP contribution is -2.22. The van der Waals surface area contributed by atoms with E-state index in [1.54, 1.807) is 0 Å². The third kappa shape index (κ3) is 5.86. The van der Waals surface area contributed by atoms with Crippen LogP contribution >= 0.6 is 0 Å². The van der Waals surface area contributed by atoms with E-state index in [4.69, 9.17) is 5.14 Å². The lowest BCUT2D eigenvalue weighted by atomic mass is 10.3. The molecule has 0 saturated carbocycles. The molecule has 0 aliphatic carbocycles. The minimum Gasteiger partial charge on any atom is -0.284 e. The van der Waals surface area contributed by atoms with Crippen LogP contribution in [0.5, 0.6) is 0 Å². The first kappa shape index (κ1) is 16.9. The van der Waals surface area contributed by atoms with Gasteiger partial charge in [-0.25, -0.2) is 30.4 Å². The molecule has 0 saturated heterocycles. The number of primary sulfonamides is 1. The zero-order valence-corrected chi connectivity index (χ0v) is 12.9. The second-order valence-electron chi connectivity index (χ2n) is 4.12. The maximum Gasteiger partial charge on any atom is 0.238 e. The van der Waals surface area contributed by atoms with Crippen LogP contribution in [-0.2, 0) is 29.9 Å². The molecule has 0 aromatic heterocycles. The van der Waals surface area contributed by atoms with Crippen molar-refractivity contribution in [2.75, 3.05) is 22.5 Å². The molecule has 0 fully saturated rings. The molecular weight excluding hydrogens is 328 g/mol. The van der Waals surface area contributed by atoms with Crippen LogP contribution in [0.2, 0.25) is 0 Å². The molecule has 8 nitrogen and oxygen atoms in total. The number of nitrogens with one attached hydrogen (secondary N) is 1. The van der Waals surface area contributed by atoms with E-state index in [1.807, 2.05) is 0 Å². The van der Waals surface area contributed by atoms with Crippen LogP contribution in [0, 0.1) is 0 Å². The standard InChI is InChI=1S/C9H14N2O6S3/c1-18(12,13)6-7-19(14,15)11-8-2-4-9(5-3-8)20(10,16)17/h2-5,11H,6-7H2,1H3,(H2,10,16,17).